The van der Waals surface area contributed by atoms with Crippen molar-refractivity contribution in [1.82, 2.24) is 4.90 Å². The molecule has 5 heteroatoms. The van der Waals surface area contributed by atoms with Crippen LogP contribution in [0.3, 0.4) is 0 Å². The van der Waals surface area contributed by atoms with Crippen LogP contribution in [0.1, 0.15) is 0 Å². The minimum Gasteiger partial charge on any atom is -0.497 e. The van der Waals surface area contributed by atoms with E-state index in [4.69, 9.17) is 4.74 Å². The van der Waals surface area contributed by atoms with Gasteiger partial charge in [-0.3, -0.25) is 4.79 Å². The van der Waals surface area contributed by atoms with E-state index in [1.54, 1.807) is 7.11 Å². The van der Waals surface area contributed by atoms with Crippen LogP contribution in [0.2, 0.25) is 0 Å². The molecule has 4 nitrogen and oxygen atoms in total. The third-order valence-corrected chi connectivity index (χ3v) is 3.64. The van der Waals surface area contributed by atoms with E-state index in [9.17, 15) is 4.79 Å². The average molecular weight is 313 g/mol. The van der Waals surface area contributed by atoms with E-state index < -0.39 is 0 Å². The second kappa shape index (κ2) is 6.09. The fourth-order valence-electron chi connectivity index (χ4n) is 2.11. The van der Waals surface area contributed by atoms with Gasteiger partial charge in [-0.25, -0.2) is 0 Å². The van der Waals surface area contributed by atoms with E-state index in [0.717, 1.165) is 37.6 Å². The molecule has 0 unspecified atom stereocenters. The summed E-state index contributed by atoms with van der Waals surface area (Å²) in [6.07, 6.45) is 0. The number of ether oxygens (including phenoxy) is 1. The molecule has 2 rings (SSSR count). The lowest BCUT2D eigenvalue weighted by molar-refractivity contribution is -0.128. The summed E-state index contributed by atoms with van der Waals surface area (Å²) in [7, 11) is 1.67. The third-order valence-electron chi connectivity index (χ3n) is 3.17. The quantitative estimate of drug-likeness (QED) is 0.797. The molecule has 0 aromatic heterocycles. The molecule has 1 heterocycles. The Morgan fingerprint density at radius 3 is 2.67 bits per heavy atom. The molecule has 0 spiro atoms. The van der Waals surface area contributed by atoms with E-state index >= 15 is 0 Å². The number of hydrogen-bond acceptors (Lipinski definition) is 3. The van der Waals surface area contributed by atoms with Crippen LogP contribution >= 0.6 is 15.9 Å². The van der Waals surface area contributed by atoms with Crippen molar-refractivity contribution >= 4 is 27.5 Å². The highest BCUT2D eigenvalue weighted by Crippen LogP contribution is 2.22. The summed E-state index contributed by atoms with van der Waals surface area (Å²) in [5, 5.41) is 0.409. The van der Waals surface area contributed by atoms with Crippen LogP contribution in [-0.2, 0) is 4.79 Å². The number of nitrogens with zero attached hydrogens (tertiary/aromatic N) is 2. The number of hydrogen-bond donors (Lipinski definition) is 0. The lowest BCUT2D eigenvalue weighted by atomic mass is 10.2. The van der Waals surface area contributed by atoms with Crippen LogP contribution in [0.4, 0.5) is 5.69 Å². The molecule has 1 fully saturated rings. The van der Waals surface area contributed by atoms with Crippen molar-refractivity contribution in [3.05, 3.63) is 24.3 Å². The van der Waals surface area contributed by atoms with Crippen molar-refractivity contribution in [1.29, 1.82) is 0 Å². The zero-order chi connectivity index (χ0) is 13.0. The molecule has 1 aromatic carbocycles. The van der Waals surface area contributed by atoms with E-state index in [0.29, 0.717) is 5.33 Å². The monoisotopic (exact) mass is 312 g/mol. The Morgan fingerprint density at radius 2 is 2.06 bits per heavy atom. The number of carbonyl (C=O) groups is 1. The molecular formula is C13H17BrN2O2. The highest BCUT2D eigenvalue weighted by atomic mass is 79.9. The van der Waals surface area contributed by atoms with E-state index in [-0.39, 0.29) is 5.91 Å². The summed E-state index contributed by atoms with van der Waals surface area (Å²) in [5.74, 6) is 1.03. The molecule has 0 aliphatic carbocycles. The maximum Gasteiger partial charge on any atom is 0.233 e. The first-order chi connectivity index (χ1) is 8.74. The summed E-state index contributed by atoms with van der Waals surface area (Å²) >= 11 is 3.21. The predicted molar refractivity (Wildman–Crippen MR) is 75.6 cm³/mol. The van der Waals surface area contributed by atoms with Crippen LogP contribution in [0.15, 0.2) is 24.3 Å². The first-order valence-corrected chi connectivity index (χ1v) is 7.09. The number of methoxy groups -OCH3 is 1. The maximum atomic E-state index is 11.6. The van der Waals surface area contributed by atoms with Gasteiger partial charge >= 0.3 is 0 Å². The zero-order valence-corrected chi connectivity index (χ0v) is 12.0. The largest absolute Gasteiger partial charge is 0.497 e. The molecule has 0 radical (unpaired) electrons. The second-order valence-electron chi connectivity index (χ2n) is 4.20. The Morgan fingerprint density at radius 1 is 1.33 bits per heavy atom. The number of anilines is 1. The van der Waals surface area contributed by atoms with E-state index in [2.05, 4.69) is 26.9 Å². The molecule has 0 N–H and O–H groups in total. The number of halogens is 1. The number of alkyl halides is 1. The number of rotatable bonds is 3. The fraction of sp³-hybridized carbons (Fsp3) is 0.462. The number of carbonyl (C=O) groups excluding carboxylic acids is 1. The lowest BCUT2D eigenvalue weighted by Gasteiger charge is -2.36. The molecule has 98 valence electrons. The van der Waals surface area contributed by atoms with Gasteiger partial charge in [-0.05, 0) is 12.1 Å². The minimum atomic E-state index is 0.167. The molecule has 0 atom stereocenters. The van der Waals surface area contributed by atoms with E-state index in [1.807, 2.05) is 23.1 Å². The van der Waals surface area contributed by atoms with Gasteiger partial charge in [0.25, 0.3) is 0 Å². The van der Waals surface area contributed by atoms with Crippen molar-refractivity contribution in [2.75, 3.05) is 43.5 Å². The highest BCUT2D eigenvalue weighted by Gasteiger charge is 2.20. The minimum absolute atomic E-state index is 0.167. The van der Waals surface area contributed by atoms with Gasteiger partial charge in [0.1, 0.15) is 5.75 Å². The highest BCUT2D eigenvalue weighted by molar-refractivity contribution is 9.09. The van der Waals surface area contributed by atoms with Crippen molar-refractivity contribution < 1.29 is 9.53 Å². The van der Waals surface area contributed by atoms with Crippen LogP contribution in [0.25, 0.3) is 0 Å². The first kappa shape index (κ1) is 13.2. The summed E-state index contributed by atoms with van der Waals surface area (Å²) in [6.45, 7) is 3.29. The predicted octanol–water partition coefficient (Wildman–Crippen LogP) is 1.74. The molecule has 1 saturated heterocycles. The normalized spacial score (nSPS) is 15.7. The smallest absolute Gasteiger partial charge is 0.233 e. The summed E-state index contributed by atoms with van der Waals surface area (Å²) in [5.41, 5.74) is 1.15. The van der Waals surface area contributed by atoms with Gasteiger partial charge in [-0.1, -0.05) is 22.0 Å². The Bertz CT molecular complexity index is 417. The molecule has 1 aromatic rings. The number of benzene rings is 1. The maximum absolute atomic E-state index is 11.6. The second-order valence-corrected chi connectivity index (χ2v) is 4.76. The molecule has 1 amide bonds. The Hall–Kier alpha value is -1.23. The number of amides is 1. The Labute approximate surface area is 116 Å². The number of piperazine rings is 1. The molecular weight excluding hydrogens is 296 g/mol. The van der Waals surface area contributed by atoms with Crippen LogP contribution in [0.5, 0.6) is 5.75 Å². The molecule has 0 saturated carbocycles. The summed E-state index contributed by atoms with van der Waals surface area (Å²) < 4.78 is 5.23. The lowest BCUT2D eigenvalue weighted by Crippen LogP contribution is -2.49. The molecule has 0 bridgehead atoms. The van der Waals surface area contributed by atoms with Crippen LogP contribution < -0.4 is 9.64 Å². The first-order valence-electron chi connectivity index (χ1n) is 5.97. The van der Waals surface area contributed by atoms with E-state index in [1.165, 1.54) is 0 Å². The van der Waals surface area contributed by atoms with Gasteiger partial charge in [0.2, 0.25) is 5.91 Å². The van der Waals surface area contributed by atoms with Gasteiger partial charge in [0, 0.05) is 37.9 Å². The van der Waals surface area contributed by atoms with Crippen molar-refractivity contribution in [3.8, 4) is 5.75 Å². The average Bonchev–Trinajstić information content (AvgIpc) is 2.46. The standard InChI is InChI=1S/C13H17BrN2O2/c1-18-12-4-2-3-11(9-12)15-5-7-16(8-6-15)13(17)10-14/h2-4,9H,5-8,10H2,1H3. The SMILES string of the molecule is COc1cccc(N2CCN(C(=O)CBr)CC2)c1. The summed E-state index contributed by atoms with van der Waals surface area (Å²) in [6, 6.07) is 8.03. The van der Waals surface area contributed by atoms with Gasteiger partial charge in [0.15, 0.2) is 0 Å². The summed E-state index contributed by atoms with van der Waals surface area (Å²) in [4.78, 5) is 15.7. The van der Waals surface area contributed by atoms with Crippen LogP contribution in [-0.4, -0.2) is 49.4 Å². The third kappa shape index (κ3) is 2.96. The zero-order valence-electron chi connectivity index (χ0n) is 10.4. The molecule has 1 aliphatic heterocycles. The van der Waals surface area contributed by atoms with Crippen LogP contribution in [0, 0.1) is 0 Å². The topological polar surface area (TPSA) is 32.8 Å². The van der Waals surface area contributed by atoms with Gasteiger partial charge in [-0.15, -0.1) is 0 Å². The van der Waals surface area contributed by atoms with Gasteiger partial charge < -0.3 is 14.5 Å². The van der Waals surface area contributed by atoms with Crippen molar-refractivity contribution in [2.45, 2.75) is 0 Å². The molecule has 18 heavy (non-hydrogen) atoms. The fourth-order valence-corrected chi connectivity index (χ4v) is 2.46. The van der Waals surface area contributed by atoms with Crippen molar-refractivity contribution in [2.24, 2.45) is 0 Å². The Balaban J connectivity index is 1.98. The van der Waals surface area contributed by atoms with Crippen molar-refractivity contribution in [3.63, 3.8) is 0 Å². The Kier molecular flexibility index (Phi) is 4.47. The van der Waals surface area contributed by atoms with Gasteiger partial charge in [-0.2, -0.15) is 0 Å². The van der Waals surface area contributed by atoms with Gasteiger partial charge in [0.05, 0.1) is 12.4 Å². The molecule has 1 aliphatic rings.